The lowest BCUT2D eigenvalue weighted by Gasteiger charge is -2.26. The fourth-order valence-electron chi connectivity index (χ4n) is 4.00. The summed E-state index contributed by atoms with van der Waals surface area (Å²) < 4.78 is 0. The molecule has 1 fully saturated rings. The van der Waals surface area contributed by atoms with Crippen LogP contribution in [-0.4, -0.2) is 28.2 Å². The van der Waals surface area contributed by atoms with Gasteiger partial charge in [0.15, 0.2) is 0 Å². The van der Waals surface area contributed by atoms with Crippen LogP contribution in [0.1, 0.15) is 74.4 Å². The van der Waals surface area contributed by atoms with Crippen molar-refractivity contribution < 1.29 is 14.7 Å². The number of rotatable bonds is 5. The monoisotopic (exact) mass is 419 g/mol. The number of hydrogen-bond donors (Lipinski definition) is 1. The summed E-state index contributed by atoms with van der Waals surface area (Å²) in [5.74, 6) is -1.26. The van der Waals surface area contributed by atoms with E-state index in [2.05, 4.69) is 27.7 Å². The largest absolute Gasteiger partial charge is 0.507 e. The Balaban J connectivity index is 2.16. The summed E-state index contributed by atoms with van der Waals surface area (Å²) >= 11 is 0. The second-order valence-corrected chi connectivity index (χ2v) is 9.52. The van der Waals surface area contributed by atoms with Crippen molar-refractivity contribution in [2.45, 2.75) is 65.8 Å². The van der Waals surface area contributed by atoms with Gasteiger partial charge in [-0.2, -0.15) is 0 Å². The molecule has 1 N–H and O–H groups in total. The predicted molar refractivity (Wildman–Crippen MR) is 125 cm³/mol. The maximum absolute atomic E-state index is 13.0. The van der Waals surface area contributed by atoms with E-state index in [0.717, 1.165) is 29.5 Å². The fourth-order valence-corrected chi connectivity index (χ4v) is 4.00. The molecule has 1 saturated heterocycles. The van der Waals surface area contributed by atoms with Gasteiger partial charge in [-0.1, -0.05) is 70.5 Å². The number of carbonyl (C=O) groups excluding carboxylic acids is 2. The first kappa shape index (κ1) is 22.8. The Morgan fingerprint density at radius 3 is 2.19 bits per heavy atom. The second kappa shape index (κ2) is 8.70. The zero-order valence-corrected chi connectivity index (χ0v) is 19.5. The zero-order valence-electron chi connectivity index (χ0n) is 19.5. The standard InChI is InChI=1S/C27H33NO3/c1-7-8-15-28-23(19-11-13-21(14-12-19)27(4,5)6)22(25(30)26(28)31)24(29)20-10-9-17(2)18(3)16-20/h9-14,16,23,29H,7-8,15H2,1-6H3/b24-22-. The Labute approximate surface area is 185 Å². The molecule has 1 aliphatic heterocycles. The number of aryl methyl sites for hydroxylation is 2. The molecule has 4 heteroatoms. The highest BCUT2D eigenvalue weighted by atomic mass is 16.3. The number of aliphatic hydroxyl groups excluding tert-OH is 1. The fraction of sp³-hybridized carbons (Fsp3) is 0.407. The number of nitrogens with zero attached hydrogens (tertiary/aromatic N) is 1. The van der Waals surface area contributed by atoms with Crippen molar-refractivity contribution in [3.63, 3.8) is 0 Å². The van der Waals surface area contributed by atoms with Gasteiger partial charge in [0.05, 0.1) is 11.6 Å². The Bertz CT molecular complexity index is 1030. The Morgan fingerprint density at radius 2 is 1.65 bits per heavy atom. The van der Waals surface area contributed by atoms with Crippen molar-refractivity contribution >= 4 is 17.4 Å². The van der Waals surface area contributed by atoms with Crippen molar-refractivity contribution in [1.82, 2.24) is 4.90 Å². The average molecular weight is 420 g/mol. The van der Waals surface area contributed by atoms with Gasteiger partial charge < -0.3 is 10.0 Å². The zero-order chi connectivity index (χ0) is 22.9. The number of unbranched alkanes of at least 4 members (excludes halogenated alkanes) is 1. The van der Waals surface area contributed by atoms with Crippen LogP contribution >= 0.6 is 0 Å². The molecular formula is C27H33NO3. The van der Waals surface area contributed by atoms with Crippen LogP contribution in [0.4, 0.5) is 0 Å². The average Bonchev–Trinajstić information content (AvgIpc) is 2.97. The van der Waals surface area contributed by atoms with Crippen molar-refractivity contribution in [3.8, 4) is 0 Å². The maximum atomic E-state index is 13.0. The quantitative estimate of drug-likeness (QED) is 0.377. The lowest BCUT2D eigenvalue weighted by Crippen LogP contribution is -2.30. The van der Waals surface area contributed by atoms with Gasteiger partial charge in [-0.25, -0.2) is 0 Å². The van der Waals surface area contributed by atoms with E-state index in [1.54, 1.807) is 11.0 Å². The van der Waals surface area contributed by atoms with Crippen LogP contribution in [0.3, 0.4) is 0 Å². The van der Waals surface area contributed by atoms with Crippen LogP contribution in [0, 0.1) is 13.8 Å². The highest BCUT2D eigenvalue weighted by Gasteiger charge is 2.45. The molecule has 4 nitrogen and oxygen atoms in total. The normalized spacial score (nSPS) is 18.6. The molecule has 0 spiro atoms. The highest BCUT2D eigenvalue weighted by Crippen LogP contribution is 2.40. The highest BCUT2D eigenvalue weighted by molar-refractivity contribution is 6.46. The summed E-state index contributed by atoms with van der Waals surface area (Å²) in [4.78, 5) is 27.6. The first-order valence-corrected chi connectivity index (χ1v) is 11.0. The minimum atomic E-state index is -0.614. The van der Waals surface area contributed by atoms with Gasteiger partial charge in [-0.3, -0.25) is 9.59 Å². The number of amides is 1. The number of aliphatic hydroxyl groups is 1. The van der Waals surface area contributed by atoms with Crippen molar-refractivity contribution in [2.75, 3.05) is 6.54 Å². The molecule has 0 bridgehead atoms. The third-order valence-corrected chi connectivity index (χ3v) is 6.17. The molecule has 1 aliphatic rings. The predicted octanol–water partition coefficient (Wildman–Crippen LogP) is 5.82. The van der Waals surface area contributed by atoms with Gasteiger partial charge in [-0.05, 0) is 54.0 Å². The van der Waals surface area contributed by atoms with Gasteiger partial charge in [-0.15, -0.1) is 0 Å². The molecule has 3 rings (SSSR count). The molecule has 1 amide bonds. The minimum absolute atomic E-state index is 0.00196. The molecule has 0 saturated carbocycles. The van der Waals surface area contributed by atoms with Crippen LogP contribution in [0.25, 0.3) is 5.76 Å². The molecule has 1 atom stereocenters. The Morgan fingerprint density at radius 1 is 1.00 bits per heavy atom. The summed E-state index contributed by atoms with van der Waals surface area (Å²) in [5, 5.41) is 11.2. The van der Waals surface area contributed by atoms with Crippen LogP contribution in [0.5, 0.6) is 0 Å². The maximum Gasteiger partial charge on any atom is 0.295 e. The van der Waals surface area contributed by atoms with Crippen molar-refractivity contribution in [1.29, 1.82) is 0 Å². The first-order valence-electron chi connectivity index (χ1n) is 11.0. The molecule has 0 radical (unpaired) electrons. The number of hydrogen-bond acceptors (Lipinski definition) is 3. The van der Waals surface area contributed by atoms with E-state index in [1.165, 1.54) is 5.56 Å². The van der Waals surface area contributed by atoms with E-state index in [0.29, 0.717) is 12.1 Å². The SMILES string of the molecule is CCCCN1C(=O)C(=O)/C(=C(\O)c2ccc(C)c(C)c2)C1c1ccc(C(C)(C)C)cc1. The summed E-state index contributed by atoms with van der Waals surface area (Å²) in [6, 6.07) is 13.1. The summed E-state index contributed by atoms with van der Waals surface area (Å²) in [6.45, 7) is 12.9. The van der Waals surface area contributed by atoms with Gasteiger partial charge in [0.25, 0.3) is 11.7 Å². The Hall–Kier alpha value is -2.88. The lowest BCUT2D eigenvalue weighted by atomic mass is 9.85. The van der Waals surface area contributed by atoms with Gasteiger partial charge in [0.1, 0.15) is 5.76 Å². The number of carbonyl (C=O) groups is 2. The molecule has 31 heavy (non-hydrogen) atoms. The minimum Gasteiger partial charge on any atom is -0.507 e. The van der Waals surface area contributed by atoms with E-state index in [9.17, 15) is 14.7 Å². The van der Waals surface area contributed by atoms with Crippen LogP contribution in [0.15, 0.2) is 48.0 Å². The van der Waals surface area contributed by atoms with Crippen molar-refractivity contribution in [2.24, 2.45) is 0 Å². The number of ketones is 1. The molecule has 1 heterocycles. The Kier molecular flexibility index (Phi) is 6.40. The van der Waals surface area contributed by atoms with Gasteiger partial charge in [0.2, 0.25) is 0 Å². The van der Waals surface area contributed by atoms with E-state index in [1.807, 2.05) is 50.2 Å². The van der Waals surface area contributed by atoms with E-state index < -0.39 is 17.7 Å². The van der Waals surface area contributed by atoms with Crippen LogP contribution in [-0.2, 0) is 15.0 Å². The van der Waals surface area contributed by atoms with Crippen LogP contribution in [0.2, 0.25) is 0 Å². The first-order chi connectivity index (χ1) is 14.6. The number of benzene rings is 2. The van der Waals surface area contributed by atoms with E-state index in [4.69, 9.17) is 0 Å². The van der Waals surface area contributed by atoms with E-state index in [-0.39, 0.29) is 16.7 Å². The van der Waals surface area contributed by atoms with Crippen LogP contribution < -0.4 is 0 Å². The molecule has 0 aliphatic carbocycles. The molecule has 2 aromatic carbocycles. The van der Waals surface area contributed by atoms with Gasteiger partial charge >= 0.3 is 0 Å². The third kappa shape index (κ3) is 4.43. The molecule has 1 unspecified atom stereocenters. The summed E-state index contributed by atoms with van der Waals surface area (Å²) in [5.41, 5.74) is 4.89. The lowest BCUT2D eigenvalue weighted by molar-refractivity contribution is -0.139. The molecule has 2 aromatic rings. The number of likely N-dealkylation sites (tertiary alicyclic amines) is 1. The third-order valence-electron chi connectivity index (χ3n) is 6.17. The second-order valence-electron chi connectivity index (χ2n) is 9.52. The molecule has 164 valence electrons. The summed E-state index contributed by atoms with van der Waals surface area (Å²) in [7, 11) is 0. The topological polar surface area (TPSA) is 57.6 Å². The molecule has 0 aromatic heterocycles. The van der Waals surface area contributed by atoms with Crippen molar-refractivity contribution in [3.05, 3.63) is 75.9 Å². The smallest absolute Gasteiger partial charge is 0.295 e. The van der Waals surface area contributed by atoms with E-state index >= 15 is 0 Å². The van der Waals surface area contributed by atoms with Gasteiger partial charge in [0, 0.05) is 12.1 Å². The summed E-state index contributed by atoms with van der Waals surface area (Å²) in [6.07, 6.45) is 1.71. The number of Topliss-reactive ketones (excluding diaryl/α,β-unsaturated/α-hetero) is 1. The molecular weight excluding hydrogens is 386 g/mol.